The first-order valence-electron chi connectivity index (χ1n) is 12.5. The highest BCUT2D eigenvalue weighted by Crippen LogP contribution is 2.42. The number of hydrogen-bond acceptors (Lipinski definition) is 10. The molecular weight excluding hydrogens is 556 g/mol. The van der Waals surface area contributed by atoms with E-state index in [0.717, 1.165) is 11.3 Å². The van der Waals surface area contributed by atoms with Gasteiger partial charge in [0.05, 0.1) is 17.1 Å². The molecule has 0 bridgehead atoms. The van der Waals surface area contributed by atoms with E-state index in [9.17, 15) is 22.9 Å². The van der Waals surface area contributed by atoms with Crippen molar-refractivity contribution in [2.75, 3.05) is 11.1 Å². The summed E-state index contributed by atoms with van der Waals surface area (Å²) in [6.07, 6.45) is 0.704. The van der Waals surface area contributed by atoms with Crippen molar-refractivity contribution >= 4 is 67.0 Å². The van der Waals surface area contributed by atoms with Crippen molar-refractivity contribution in [2.45, 2.75) is 11.8 Å². The van der Waals surface area contributed by atoms with Gasteiger partial charge in [0.1, 0.15) is 22.6 Å². The summed E-state index contributed by atoms with van der Waals surface area (Å²) in [6, 6.07) is 25.0. The van der Waals surface area contributed by atoms with Crippen LogP contribution >= 0.6 is 0 Å². The third kappa shape index (κ3) is 6.30. The van der Waals surface area contributed by atoms with Crippen LogP contribution in [0.1, 0.15) is 15.9 Å². The molecule has 5 aromatic carbocycles. The van der Waals surface area contributed by atoms with Gasteiger partial charge < -0.3 is 16.2 Å². The molecule has 5 N–H and O–H groups in total. The van der Waals surface area contributed by atoms with Crippen molar-refractivity contribution in [2.24, 2.45) is 20.5 Å². The van der Waals surface area contributed by atoms with E-state index in [2.05, 4.69) is 25.8 Å². The summed E-state index contributed by atoms with van der Waals surface area (Å²) in [7, 11) is -4.77. The Hall–Kier alpha value is -5.46. The second-order valence-electron chi connectivity index (χ2n) is 9.33. The lowest BCUT2D eigenvalue weighted by Gasteiger charge is -2.12. The van der Waals surface area contributed by atoms with Gasteiger partial charge in [0.15, 0.2) is 5.75 Å². The second-order valence-corrected chi connectivity index (χ2v) is 10.7. The average Bonchev–Trinajstić information content (AvgIpc) is 2.97. The van der Waals surface area contributed by atoms with Crippen LogP contribution in [0.5, 0.6) is 5.75 Å². The molecule has 0 fully saturated rings. The van der Waals surface area contributed by atoms with Gasteiger partial charge in [-0.1, -0.05) is 35.9 Å². The molecule has 0 aliphatic heterocycles. The number of aromatic hydroxyl groups is 1. The first kappa shape index (κ1) is 28.1. The van der Waals surface area contributed by atoms with Crippen molar-refractivity contribution < 1.29 is 22.9 Å². The lowest BCUT2D eigenvalue weighted by Crippen LogP contribution is -1.99. The van der Waals surface area contributed by atoms with Crippen molar-refractivity contribution in [3.8, 4) is 5.75 Å². The minimum Gasteiger partial charge on any atom is -0.505 e. The first-order valence-corrected chi connectivity index (χ1v) is 13.9. The number of rotatable bonds is 8. The van der Waals surface area contributed by atoms with Gasteiger partial charge in [0, 0.05) is 22.3 Å². The number of aldehydes is 1. The highest BCUT2D eigenvalue weighted by atomic mass is 32.2. The van der Waals surface area contributed by atoms with E-state index in [1.54, 1.807) is 42.5 Å². The first-order chi connectivity index (χ1) is 20.1. The van der Waals surface area contributed by atoms with Crippen molar-refractivity contribution in [3.05, 3.63) is 102 Å². The number of azo groups is 2. The quantitative estimate of drug-likeness (QED) is 0.0619. The number of hydrogen-bond donors (Lipinski definition) is 4. The standard InChI is InChI=1S/C30H24N6O5S/c1-18-5-8-21(9-6-18)32-22-10-7-20-14-28(42(39,40)41)29(30(38)25(20)15-22)36-34-24-11-12-27(26(31)16-24)35-33-23-4-2-3-19(13-23)17-37/h2-17,32,38H,31H2,1H3,(H,39,40,41). The Labute approximate surface area is 240 Å². The maximum absolute atomic E-state index is 12.2. The molecule has 42 heavy (non-hydrogen) atoms. The number of nitrogen functional groups attached to an aromatic ring is 1. The summed E-state index contributed by atoms with van der Waals surface area (Å²) in [5.41, 5.74) is 9.90. The number of phenolic OH excluding ortho intramolecular Hbond substituents is 1. The maximum Gasteiger partial charge on any atom is 0.296 e. The van der Waals surface area contributed by atoms with E-state index >= 15 is 0 Å². The van der Waals surface area contributed by atoms with Crippen LogP contribution in [0.25, 0.3) is 10.8 Å². The molecule has 0 saturated heterocycles. The fraction of sp³-hybridized carbons (Fsp3) is 0.0333. The van der Waals surface area contributed by atoms with E-state index in [1.165, 1.54) is 24.3 Å². The Bertz CT molecular complexity index is 1990. The summed E-state index contributed by atoms with van der Waals surface area (Å²) >= 11 is 0. The normalized spacial score (nSPS) is 11.9. The third-order valence-electron chi connectivity index (χ3n) is 6.23. The predicted molar refractivity (Wildman–Crippen MR) is 161 cm³/mol. The minimum absolute atomic E-state index is 0.200. The zero-order chi connectivity index (χ0) is 29.9. The largest absolute Gasteiger partial charge is 0.505 e. The number of nitrogens with one attached hydrogen (secondary N) is 1. The van der Waals surface area contributed by atoms with Gasteiger partial charge in [-0.15, -0.1) is 10.2 Å². The summed E-state index contributed by atoms with van der Waals surface area (Å²) in [4.78, 5) is 10.4. The van der Waals surface area contributed by atoms with E-state index in [-0.39, 0.29) is 11.4 Å². The lowest BCUT2D eigenvalue weighted by molar-refractivity contribution is 0.112. The van der Waals surface area contributed by atoms with E-state index in [4.69, 9.17) is 5.73 Å². The molecular formula is C30H24N6O5S. The van der Waals surface area contributed by atoms with Crippen molar-refractivity contribution in [1.82, 2.24) is 0 Å². The number of aryl methyl sites for hydroxylation is 1. The fourth-order valence-corrected chi connectivity index (χ4v) is 4.75. The molecule has 0 aromatic heterocycles. The molecule has 0 amide bonds. The Kier molecular flexibility index (Phi) is 7.74. The predicted octanol–water partition coefficient (Wildman–Crippen LogP) is 8.07. The molecule has 11 nitrogen and oxygen atoms in total. The van der Waals surface area contributed by atoms with Gasteiger partial charge in [0.2, 0.25) is 0 Å². The highest BCUT2D eigenvalue weighted by molar-refractivity contribution is 7.86. The summed E-state index contributed by atoms with van der Waals surface area (Å²) in [5.74, 6) is -0.479. The van der Waals surface area contributed by atoms with Gasteiger partial charge in [-0.3, -0.25) is 9.35 Å². The van der Waals surface area contributed by atoms with Gasteiger partial charge >= 0.3 is 0 Å². The molecule has 0 radical (unpaired) electrons. The molecule has 210 valence electrons. The van der Waals surface area contributed by atoms with Gasteiger partial charge in [-0.2, -0.15) is 18.6 Å². The number of anilines is 3. The number of carbonyl (C=O) groups excluding carboxylic acids is 1. The van der Waals surface area contributed by atoms with E-state index in [0.29, 0.717) is 39.7 Å². The Morgan fingerprint density at radius 2 is 1.52 bits per heavy atom. The molecule has 5 rings (SSSR count). The van der Waals surface area contributed by atoms with Gasteiger partial charge in [-0.25, -0.2) is 0 Å². The Morgan fingerprint density at radius 1 is 0.810 bits per heavy atom. The van der Waals surface area contributed by atoms with Crippen LogP contribution in [0, 0.1) is 6.92 Å². The zero-order valence-electron chi connectivity index (χ0n) is 22.1. The number of nitrogens with two attached hydrogens (primary N) is 1. The maximum atomic E-state index is 12.2. The zero-order valence-corrected chi connectivity index (χ0v) is 22.9. The van der Waals surface area contributed by atoms with Crippen LogP contribution in [0.3, 0.4) is 0 Å². The number of benzene rings is 5. The van der Waals surface area contributed by atoms with Crippen molar-refractivity contribution in [3.63, 3.8) is 0 Å². The Balaban J connectivity index is 1.47. The third-order valence-corrected chi connectivity index (χ3v) is 7.09. The average molecular weight is 581 g/mol. The SMILES string of the molecule is Cc1ccc(Nc2ccc3cc(S(=O)(=O)O)c(N=Nc4ccc(N=Nc5cccc(C=O)c5)c(N)c4)c(O)c3c2)cc1. The van der Waals surface area contributed by atoms with Gasteiger partial charge in [0.25, 0.3) is 10.1 Å². The number of phenols is 1. The second kappa shape index (κ2) is 11.6. The molecule has 5 aromatic rings. The smallest absolute Gasteiger partial charge is 0.296 e. The van der Waals surface area contributed by atoms with Crippen molar-refractivity contribution in [1.29, 1.82) is 0 Å². The van der Waals surface area contributed by atoms with Crippen LogP contribution in [0.15, 0.2) is 116 Å². The molecule has 0 unspecified atom stereocenters. The van der Waals surface area contributed by atoms with E-state index < -0.39 is 26.5 Å². The fourth-order valence-electron chi connectivity index (χ4n) is 4.09. The minimum atomic E-state index is -4.77. The molecule has 12 heteroatoms. The summed E-state index contributed by atoms with van der Waals surface area (Å²) in [6.45, 7) is 1.98. The highest BCUT2D eigenvalue weighted by Gasteiger charge is 2.22. The van der Waals surface area contributed by atoms with Crippen LogP contribution in [0.4, 0.5) is 39.8 Å². The lowest BCUT2D eigenvalue weighted by atomic mass is 10.1. The summed E-state index contributed by atoms with van der Waals surface area (Å²) < 4.78 is 34.3. The van der Waals surface area contributed by atoms with Crippen LogP contribution in [-0.2, 0) is 10.1 Å². The molecule has 0 aliphatic carbocycles. The van der Waals surface area contributed by atoms with Crippen LogP contribution < -0.4 is 11.1 Å². The molecule has 0 spiro atoms. The van der Waals surface area contributed by atoms with Crippen LogP contribution in [0.2, 0.25) is 0 Å². The monoisotopic (exact) mass is 580 g/mol. The number of carbonyl (C=O) groups is 1. The number of nitrogens with zero attached hydrogens (tertiary/aromatic N) is 4. The molecule has 0 saturated carbocycles. The topological polar surface area (TPSA) is 179 Å². The summed E-state index contributed by atoms with van der Waals surface area (Å²) in [5, 5.41) is 31.2. The molecule has 0 aliphatic rings. The number of fused-ring (bicyclic) bond motifs is 1. The molecule has 0 heterocycles. The van der Waals surface area contributed by atoms with E-state index in [1.807, 2.05) is 31.2 Å². The molecule has 0 atom stereocenters. The van der Waals surface area contributed by atoms with Crippen LogP contribution in [-0.4, -0.2) is 24.4 Å². The Morgan fingerprint density at radius 3 is 2.24 bits per heavy atom. The van der Waals surface area contributed by atoms with Gasteiger partial charge in [-0.05, 0) is 73.0 Å².